The molecule has 1 heterocycles. The highest BCUT2D eigenvalue weighted by atomic mass is 35.5. The fourth-order valence-corrected chi connectivity index (χ4v) is 2.62. The molecule has 0 atom stereocenters. The van der Waals surface area contributed by atoms with Gasteiger partial charge in [0.25, 0.3) is 0 Å². The molecule has 0 fully saturated rings. The summed E-state index contributed by atoms with van der Waals surface area (Å²) in [7, 11) is 1.92. The van der Waals surface area contributed by atoms with Crippen LogP contribution in [0.5, 0.6) is 0 Å². The number of carbonyl (C=O) groups excluding carboxylic acids is 1. The van der Waals surface area contributed by atoms with Gasteiger partial charge in [0, 0.05) is 29.9 Å². The first-order valence-electron chi connectivity index (χ1n) is 6.93. The Kier molecular flexibility index (Phi) is 4.68. The van der Waals surface area contributed by atoms with Gasteiger partial charge in [-0.05, 0) is 56.5 Å². The molecule has 0 bridgehead atoms. The molecule has 1 aromatic carbocycles. The zero-order valence-corrected chi connectivity index (χ0v) is 13.6. The van der Waals surface area contributed by atoms with Gasteiger partial charge >= 0.3 is 0 Å². The van der Waals surface area contributed by atoms with Crippen LogP contribution in [0, 0.1) is 20.8 Å². The van der Waals surface area contributed by atoms with E-state index in [0.29, 0.717) is 17.9 Å². The Hall–Kier alpha value is -1.81. The summed E-state index contributed by atoms with van der Waals surface area (Å²) in [4.78, 5) is 12.1. The van der Waals surface area contributed by atoms with Crippen molar-refractivity contribution in [2.75, 3.05) is 5.32 Å². The van der Waals surface area contributed by atoms with Gasteiger partial charge in [-0.1, -0.05) is 11.6 Å². The Morgan fingerprint density at radius 3 is 2.62 bits per heavy atom. The van der Waals surface area contributed by atoms with Crippen molar-refractivity contribution in [1.29, 1.82) is 0 Å². The number of nitrogens with one attached hydrogen (secondary N) is 1. The van der Waals surface area contributed by atoms with Crippen molar-refractivity contribution in [3.05, 3.63) is 45.7 Å². The van der Waals surface area contributed by atoms with Crippen LogP contribution in [0.3, 0.4) is 0 Å². The minimum absolute atomic E-state index is 0.00285. The molecule has 0 aliphatic carbocycles. The van der Waals surface area contributed by atoms with Crippen LogP contribution in [0.4, 0.5) is 5.69 Å². The van der Waals surface area contributed by atoms with Crippen molar-refractivity contribution < 1.29 is 4.79 Å². The van der Waals surface area contributed by atoms with Crippen molar-refractivity contribution in [2.24, 2.45) is 7.05 Å². The molecule has 21 heavy (non-hydrogen) atoms. The second-order valence-corrected chi connectivity index (χ2v) is 5.72. The maximum atomic E-state index is 12.1. The molecule has 2 rings (SSSR count). The standard InChI is InChI=1S/C16H20ClN3O/c1-10-9-13(17)5-7-15(10)18-16(21)8-6-14-11(2)19-20(4)12(14)3/h5,7,9H,6,8H2,1-4H3,(H,18,21). The van der Waals surface area contributed by atoms with Crippen LogP contribution in [0.1, 0.15) is 28.9 Å². The third-order valence-electron chi connectivity index (χ3n) is 3.72. The topological polar surface area (TPSA) is 46.9 Å². The molecule has 1 aromatic heterocycles. The van der Waals surface area contributed by atoms with Gasteiger partial charge in [-0.25, -0.2) is 0 Å². The highest BCUT2D eigenvalue weighted by molar-refractivity contribution is 6.30. The van der Waals surface area contributed by atoms with Gasteiger partial charge in [-0.2, -0.15) is 5.10 Å². The van der Waals surface area contributed by atoms with E-state index in [1.165, 1.54) is 0 Å². The molecule has 0 aliphatic heterocycles. The number of amides is 1. The fraction of sp³-hybridized carbons (Fsp3) is 0.375. The number of hydrogen-bond acceptors (Lipinski definition) is 2. The second kappa shape index (κ2) is 6.31. The van der Waals surface area contributed by atoms with E-state index in [1.54, 1.807) is 6.07 Å². The molecule has 0 aliphatic rings. The largest absolute Gasteiger partial charge is 0.326 e. The smallest absolute Gasteiger partial charge is 0.224 e. The number of aryl methyl sites for hydroxylation is 3. The number of hydrogen-bond donors (Lipinski definition) is 1. The number of aromatic nitrogens is 2. The molecule has 0 radical (unpaired) electrons. The van der Waals surface area contributed by atoms with E-state index < -0.39 is 0 Å². The van der Waals surface area contributed by atoms with Crippen molar-refractivity contribution in [2.45, 2.75) is 33.6 Å². The molecular formula is C16H20ClN3O. The lowest BCUT2D eigenvalue weighted by Crippen LogP contribution is -2.13. The van der Waals surface area contributed by atoms with E-state index in [-0.39, 0.29) is 5.91 Å². The molecule has 1 N–H and O–H groups in total. The van der Waals surface area contributed by atoms with E-state index in [9.17, 15) is 4.79 Å². The van der Waals surface area contributed by atoms with E-state index >= 15 is 0 Å². The van der Waals surface area contributed by atoms with Crippen molar-refractivity contribution in [3.63, 3.8) is 0 Å². The minimum Gasteiger partial charge on any atom is -0.326 e. The first-order valence-corrected chi connectivity index (χ1v) is 7.31. The summed E-state index contributed by atoms with van der Waals surface area (Å²) in [6.45, 7) is 5.93. The summed E-state index contributed by atoms with van der Waals surface area (Å²) in [5.41, 5.74) is 5.03. The maximum Gasteiger partial charge on any atom is 0.224 e. The summed E-state index contributed by atoms with van der Waals surface area (Å²) >= 11 is 5.91. The summed E-state index contributed by atoms with van der Waals surface area (Å²) in [5, 5.41) is 7.97. The highest BCUT2D eigenvalue weighted by Crippen LogP contribution is 2.20. The third-order valence-corrected chi connectivity index (χ3v) is 3.96. The van der Waals surface area contributed by atoms with Gasteiger partial charge in [0.2, 0.25) is 5.91 Å². The molecule has 1 amide bonds. The van der Waals surface area contributed by atoms with Crippen LogP contribution in [0.15, 0.2) is 18.2 Å². The van der Waals surface area contributed by atoms with Gasteiger partial charge in [-0.3, -0.25) is 9.48 Å². The molecule has 5 heteroatoms. The van der Waals surface area contributed by atoms with Crippen molar-refractivity contribution in [3.8, 4) is 0 Å². The summed E-state index contributed by atoms with van der Waals surface area (Å²) in [5.74, 6) is 0.00285. The SMILES string of the molecule is Cc1cc(Cl)ccc1NC(=O)CCc1c(C)nn(C)c1C. The van der Waals surface area contributed by atoms with Crippen LogP contribution < -0.4 is 5.32 Å². The zero-order valence-electron chi connectivity index (χ0n) is 12.8. The minimum atomic E-state index is 0.00285. The van der Waals surface area contributed by atoms with Crippen LogP contribution in [-0.2, 0) is 18.3 Å². The maximum absolute atomic E-state index is 12.1. The summed E-state index contributed by atoms with van der Waals surface area (Å²) in [6, 6.07) is 5.45. The lowest BCUT2D eigenvalue weighted by atomic mass is 10.1. The van der Waals surface area contributed by atoms with Crippen LogP contribution in [0.2, 0.25) is 5.02 Å². The molecule has 0 spiro atoms. The average molecular weight is 306 g/mol. The zero-order chi connectivity index (χ0) is 15.6. The van der Waals surface area contributed by atoms with Crippen LogP contribution >= 0.6 is 11.6 Å². The molecule has 2 aromatic rings. The fourth-order valence-electron chi connectivity index (χ4n) is 2.40. The molecule has 0 saturated carbocycles. The van der Waals surface area contributed by atoms with Crippen molar-refractivity contribution in [1.82, 2.24) is 9.78 Å². The second-order valence-electron chi connectivity index (χ2n) is 5.28. The summed E-state index contributed by atoms with van der Waals surface area (Å²) in [6.07, 6.45) is 1.14. The van der Waals surface area contributed by atoms with Crippen LogP contribution in [0.25, 0.3) is 0 Å². The van der Waals surface area contributed by atoms with E-state index in [0.717, 1.165) is 28.2 Å². The molecule has 0 unspecified atom stereocenters. The first kappa shape index (κ1) is 15.6. The van der Waals surface area contributed by atoms with E-state index in [1.807, 2.05) is 44.6 Å². The third kappa shape index (κ3) is 3.64. The lowest BCUT2D eigenvalue weighted by Gasteiger charge is -2.09. The predicted molar refractivity (Wildman–Crippen MR) is 85.8 cm³/mol. The van der Waals surface area contributed by atoms with Gasteiger partial charge < -0.3 is 5.32 Å². The quantitative estimate of drug-likeness (QED) is 0.938. The Labute approximate surface area is 130 Å². The monoisotopic (exact) mass is 305 g/mol. The van der Waals surface area contributed by atoms with Gasteiger partial charge in [-0.15, -0.1) is 0 Å². The molecule has 112 valence electrons. The molecule has 4 nitrogen and oxygen atoms in total. The number of anilines is 1. The normalized spacial score (nSPS) is 10.7. The predicted octanol–water partition coefficient (Wildman–Crippen LogP) is 3.57. The molecule has 0 saturated heterocycles. The van der Waals surface area contributed by atoms with Gasteiger partial charge in [0.05, 0.1) is 5.69 Å². The Bertz CT molecular complexity index is 676. The Balaban J connectivity index is 1.99. The number of nitrogens with zero attached hydrogens (tertiary/aromatic N) is 2. The number of halogens is 1. The Morgan fingerprint density at radius 1 is 1.33 bits per heavy atom. The van der Waals surface area contributed by atoms with Gasteiger partial charge in [0.1, 0.15) is 0 Å². The number of benzene rings is 1. The highest BCUT2D eigenvalue weighted by Gasteiger charge is 2.12. The van der Waals surface area contributed by atoms with E-state index in [4.69, 9.17) is 11.6 Å². The lowest BCUT2D eigenvalue weighted by molar-refractivity contribution is -0.116. The molecular weight excluding hydrogens is 286 g/mol. The number of rotatable bonds is 4. The Morgan fingerprint density at radius 2 is 2.05 bits per heavy atom. The van der Waals surface area contributed by atoms with Gasteiger partial charge in [0.15, 0.2) is 0 Å². The van der Waals surface area contributed by atoms with E-state index in [2.05, 4.69) is 10.4 Å². The van der Waals surface area contributed by atoms with Crippen LogP contribution in [-0.4, -0.2) is 15.7 Å². The first-order chi connectivity index (χ1) is 9.88. The van der Waals surface area contributed by atoms with Crippen molar-refractivity contribution >= 4 is 23.2 Å². The summed E-state index contributed by atoms with van der Waals surface area (Å²) < 4.78 is 1.85. The average Bonchev–Trinajstić information content (AvgIpc) is 2.65. The number of carbonyl (C=O) groups is 1.